The highest BCUT2D eigenvalue weighted by atomic mass is 35.5. The molecule has 3 aromatic rings. The van der Waals surface area contributed by atoms with Gasteiger partial charge in [0.05, 0.1) is 17.1 Å². The van der Waals surface area contributed by atoms with E-state index in [1.807, 2.05) is 6.07 Å². The Balaban J connectivity index is 1.37. The molecule has 36 heavy (non-hydrogen) atoms. The number of aromatic nitrogens is 3. The Morgan fingerprint density at radius 1 is 1.08 bits per heavy atom. The third-order valence-corrected chi connectivity index (χ3v) is 7.07. The van der Waals surface area contributed by atoms with Gasteiger partial charge in [-0.15, -0.1) is 0 Å². The second kappa shape index (κ2) is 10.3. The summed E-state index contributed by atoms with van der Waals surface area (Å²) >= 11 is 6.44. The number of hydrogen-bond donors (Lipinski definition) is 1. The van der Waals surface area contributed by atoms with E-state index in [2.05, 4.69) is 26.6 Å². The zero-order valence-corrected chi connectivity index (χ0v) is 20.8. The molecular formula is C26H28ClFN6O2. The Morgan fingerprint density at radius 2 is 1.81 bits per heavy atom. The standard InChI is InChI=1S/C26H28ClFN6O2/c1-17-3-2-8-34(17)26-30-22(19-4-6-20(28)7-5-19)15-23(31-26)32-9-11-33(12-10-32)25-21(27)13-18(16-29-25)14-24(35)36/h4-7,13,15-17H,2-3,8-12,14H2,1H3,(H,35,36). The maximum Gasteiger partial charge on any atom is 0.307 e. The largest absolute Gasteiger partial charge is 0.481 e. The molecular weight excluding hydrogens is 483 g/mol. The predicted molar refractivity (Wildman–Crippen MR) is 138 cm³/mol. The summed E-state index contributed by atoms with van der Waals surface area (Å²) in [6.07, 6.45) is 3.68. The number of benzene rings is 1. The molecule has 2 saturated heterocycles. The fraction of sp³-hybridized carbons (Fsp3) is 0.385. The van der Waals surface area contributed by atoms with Crippen molar-refractivity contribution < 1.29 is 14.3 Å². The topological polar surface area (TPSA) is 85.7 Å². The lowest BCUT2D eigenvalue weighted by Crippen LogP contribution is -2.47. The van der Waals surface area contributed by atoms with Gasteiger partial charge >= 0.3 is 5.97 Å². The van der Waals surface area contributed by atoms with Gasteiger partial charge < -0.3 is 19.8 Å². The molecule has 1 aromatic carbocycles. The van der Waals surface area contributed by atoms with Crippen LogP contribution in [-0.2, 0) is 11.2 Å². The van der Waals surface area contributed by atoms with Crippen molar-refractivity contribution in [3.8, 4) is 11.3 Å². The monoisotopic (exact) mass is 510 g/mol. The van der Waals surface area contributed by atoms with Crippen LogP contribution in [0.1, 0.15) is 25.3 Å². The van der Waals surface area contributed by atoms with Gasteiger partial charge in [0.25, 0.3) is 0 Å². The molecule has 1 atom stereocenters. The number of anilines is 3. The van der Waals surface area contributed by atoms with Crippen LogP contribution in [0.25, 0.3) is 11.3 Å². The molecule has 5 rings (SSSR count). The van der Waals surface area contributed by atoms with Crippen LogP contribution in [-0.4, -0.2) is 64.8 Å². The Morgan fingerprint density at radius 3 is 2.44 bits per heavy atom. The van der Waals surface area contributed by atoms with Crippen LogP contribution >= 0.6 is 11.6 Å². The fourth-order valence-corrected chi connectivity index (χ4v) is 5.14. The molecule has 0 saturated carbocycles. The Labute approximate surface area is 214 Å². The van der Waals surface area contributed by atoms with Crippen LogP contribution in [0, 0.1) is 5.82 Å². The molecule has 1 N–H and O–H groups in total. The van der Waals surface area contributed by atoms with Gasteiger partial charge in [-0.2, -0.15) is 4.98 Å². The van der Waals surface area contributed by atoms with E-state index in [1.54, 1.807) is 24.4 Å². The second-order valence-corrected chi connectivity index (χ2v) is 9.70. The third kappa shape index (κ3) is 5.21. The lowest BCUT2D eigenvalue weighted by molar-refractivity contribution is -0.136. The molecule has 2 aliphatic heterocycles. The molecule has 8 nitrogen and oxygen atoms in total. The SMILES string of the molecule is CC1CCCN1c1nc(-c2ccc(F)cc2)cc(N2CCN(c3ncc(CC(=O)O)cc3Cl)CC2)n1. The van der Waals surface area contributed by atoms with Gasteiger partial charge in [-0.05, 0) is 55.7 Å². The van der Waals surface area contributed by atoms with E-state index in [9.17, 15) is 9.18 Å². The summed E-state index contributed by atoms with van der Waals surface area (Å²) < 4.78 is 13.5. The Bertz CT molecular complexity index is 1250. The zero-order chi connectivity index (χ0) is 25.2. The van der Waals surface area contributed by atoms with Crippen LogP contribution in [0.4, 0.5) is 22.0 Å². The van der Waals surface area contributed by atoms with Crippen molar-refractivity contribution in [1.29, 1.82) is 0 Å². The number of halogens is 2. The van der Waals surface area contributed by atoms with Gasteiger partial charge in [0.1, 0.15) is 17.5 Å². The van der Waals surface area contributed by atoms with Crippen LogP contribution in [0.3, 0.4) is 0 Å². The van der Waals surface area contributed by atoms with Crippen molar-refractivity contribution in [2.24, 2.45) is 0 Å². The van der Waals surface area contributed by atoms with E-state index in [-0.39, 0.29) is 12.2 Å². The number of pyridine rings is 1. The minimum absolute atomic E-state index is 0.108. The average Bonchev–Trinajstić information content (AvgIpc) is 3.30. The molecule has 0 aliphatic carbocycles. The first-order valence-electron chi connectivity index (χ1n) is 12.1. The van der Waals surface area contributed by atoms with Crippen LogP contribution in [0.15, 0.2) is 42.6 Å². The fourth-order valence-electron chi connectivity index (χ4n) is 4.83. The van der Waals surface area contributed by atoms with Gasteiger partial charge in [-0.25, -0.2) is 14.4 Å². The number of hydrogen-bond acceptors (Lipinski definition) is 7. The molecule has 10 heteroatoms. The molecule has 0 radical (unpaired) electrons. The summed E-state index contributed by atoms with van der Waals surface area (Å²) in [5.41, 5.74) is 2.20. The van der Waals surface area contributed by atoms with Crippen LogP contribution in [0.5, 0.6) is 0 Å². The normalized spacial score (nSPS) is 18.1. The van der Waals surface area contributed by atoms with E-state index in [0.717, 1.165) is 36.5 Å². The second-order valence-electron chi connectivity index (χ2n) is 9.30. The van der Waals surface area contributed by atoms with Gasteiger partial charge in [0.2, 0.25) is 5.95 Å². The zero-order valence-electron chi connectivity index (χ0n) is 20.1. The molecule has 188 valence electrons. The lowest BCUT2D eigenvalue weighted by Gasteiger charge is -2.37. The van der Waals surface area contributed by atoms with E-state index < -0.39 is 5.97 Å². The lowest BCUT2D eigenvalue weighted by atomic mass is 10.1. The summed E-state index contributed by atoms with van der Waals surface area (Å²) in [4.78, 5) is 31.8. The maximum atomic E-state index is 13.5. The number of aliphatic carboxylic acids is 1. The predicted octanol–water partition coefficient (Wildman–Crippen LogP) is 4.27. The first-order valence-corrected chi connectivity index (χ1v) is 12.5. The first kappa shape index (κ1) is 24.2. The van der Waals surface area contributed by atoms with Crippen molar-refractivity contribution in [3.63, 3.8) is 0 Å². The molecule has 2 aromatic heterocycles. The smallest absolute Gasteiger partial charge is 0.307 e. The van der Waals surface area contributed by atoms with E-state index in [4.69, 9.17) is 26.7 Å². The number of carboxylic acid groups (broad SMARTS) is 1. The third-order valence-electron chi connectivity index (χ3n) is 6.79. The van der Waals surface area contributed by atoms with Crippen molar-refractivity contribution in [3.05, 3.63) is 59.0 Å². The van der Waals surface area contributed by atoms with Gasteiger partial charge in [-0.1, -0.05) is 11.6 Å². The number of rotatable bonds is 6. The molecule has 1 unspecified atom stereocenters. The van der Waals surface area contributed by atoms with Crippen LogP contribution < -0.4 is 14.7 Å². The molecule has 2 fully saturated rings. The van der Waals surface area contributed by atoms with Crippen molar-refractivity contribution >= 4 is 35.2 Å². The quantitative estimate of drug-likeness (QED) is 0.526. The summed E-state index contributed by atoms with van der Waals surface area (Å²) in [5, 5.41) is 9.46. The highest BCUT2D eigenvalue weighted by molar-refractivity contribution is 6.33. The Hall–Kier alpha value is -3.46. The van der Waals surface area contributed by atoms with Gasteiger partial charge in [-0.3, -0.25) is 4.79 Å². The molecule has 0 spiro atoms. The molecule has 2 aliphatic rings. The summed E-state index contributed by atoms with van der Waals surface area (Å²) in [7, 11) is 0. The van der Waals surface area contributed by atoms with Gasteiger partial charge in [0.15, 0.2) is 0 Å². The highest BCUT2D eigenvalue weighted by Gasteiger charge is 2.26. The van der Waals surface area contributed by atoms with Crippen LogP contribution in [0.2, 0.25) is 5.02 Å². The molecule has 0 bridgehead atoms. The van der Waals surface area contributed by atoms with Crippen molar-refractivity contribution in [1.82, 2.24) is 15.0 Å². The molecule has 0 amide bonds. The minimum atomic E-state index is -0.915. The van der Waals surface area contributed by atoms with E-state index >= 15 is 0 Å². The van der Waals surface area contributed by atoms with Crippen molar-refractivity contribution in [2.45, 2.75) is 32.2 Å². The summed E-state index contributed by atoms with van der Waals surface area (Å²) in [6.45, 7) is 5.92. The minimum Gasteiger partial charge on any atom is -0.481 e. The average molecular weight is 511 g/mol. The van der Waals surface area contributed by atoms with E-state index in [0.29, 0.717) is 54.6 Å². The number of carboxylic acids is 1. The first-order chi connectivity index (χ1) is 17.4. The number of piperazine rings is 1. The summed E-state index contributed by atoms with van der Waals surface area (Å²) in [5.74, 6) is 1.02. The van der Waals surface area contributed by atoms with Crippen molar-refractivity contribution in [2.75, 3.05) is 47.4 Å². The van der Waals surface area contributed by atoms with E-state index in [1.165, 1.54) is 12.1 Å². The summed E-state index contributed by atoms with van der Waals surface area (Å²) in [6, 6.07) is 10.4. The maximum absolute atomic E-state index is 13.5. The highest BCUT2D eigenvalue weighted by Crippen LogP contribution is 2.31. The Kier molecular flexibility index (Phi) is 6.91. The molecule has 4 heterocycles. The van der Waals surface area contributed by atoms with Gasteiger partial charge in [0, 0.05) is 56.6 Å². The number of carbonyl (C=O) groups is 1. The number of nitrogens with zero attached hydrogens (tertiary/aromatic N) is 6.